The van der Waals surface area contributed by atoms with Crippen LogP contribution in [0.5, 0.6) is 0 Å². The molecule has 7 heteroatoms. The molecule has 1 aliphatic rings. The molecule has 1 heterocycles. The van der Waals surface area contributed by atoms with Gasteiger partial charge in [-0.1, -0.05) is 19.8 Å². The lowest BCUT2D eigenvalue weighted by molar-refractivity contribution is -0.189. The van der Waals surface area contributed by atoms with E-state index in [9.17, 15) is 13.2 Å². The Labute approximate surface area is 123 Å². The zero-order valence-corrected chi connectivity index (χ0v) is 12.6. The number of nitrogens with one attached hydrogen (secondary N) is 1. The Morgan fingerprint density at radius 1 is 1.24 bits per heavy atom. The smallest absolute Gasteiger partial charge is 0.314 e. The van der Waals surface area contributed by atoms with E-state index in [2.05, 4.69) is 22.4 Å². The van der Waals surface area contributed by atoms with Crippen LogP contribution in [0.15, 0.2) is 0 Å². The standard InChI is InChI=1S/C14H23F3N4/c1-3-8-21-10(2)19-20-13(21)9-18-12-7-5-4-6-11(12)14(15,16)17/h11-12,18H,3-9H2,1-2H3/t11-,12+/m1/s1. The summed E-state index contributed by atoms with van der Waals surface area (Å²) in [5, 5.41) is 11.2. The molecule has 0 aromatic carbocycles. The van der Waals surface area contributed by atoms with Gasteiger partial charge < -0.3 is 9.88 Å². The maximum atomic E-state index is 13.0. The van der Waals surface area contributed by atoms with E-state index in [4.69, 9.17) is 0 Å². The van der Waals surface area contributed by atoms with E-state index in [-0.39, 0.29) is 6.42 Å². The Kier molecular flexibility index (Phi) is 5.24. The summed E-state index contributed by atoms with van der Waals surface area (Å²) >= 11 is 0. The zero-order valence-electron chi connectivity index (χ0n) is 12.6. The van der Waals surface area contributed by atoms with Crippen molar-refractivity contribution in [1.82, 2.24) is 20.1 Å². The van der Waals surface area contributed by atoms with Crippen LogP contribution >= 0.6 is 0 Å². The minimum atomic E-state index is -4.12. The molecule has 4 nitrogen and oxygen atoms in total. The van der Waals surface area contributed by atoms with Crippen molar-refractivity contribution in [1.29, 1.82) is 0 Å². The monoisotopic (exact) mass is 304 g/mol. The summed E-state index contributed by atoms with van der Waals surface area (Å²) in [7, 11) is 0. The predicted octanol–water partition coefficient (Wildman–Crippen LogP) is 3.21. The summed E-state index contributed by atoms with van der Waals surface area (Å²) < 4.78 is 41.1. The second kappa shape index (κ2) is 6.77. The Balaban J connectivity index is 2.01. The first kappa shape index (κ1) is 16.3. The van der Waals surface area contributed by atoms with Gasteiger partial charge in [-0.25, -0.2) is 0 Å². The summed E-state index contributed by atoms with van der Waals surface area (Å²) in [6.45, 7) is 5.06. The highest BCUT2D eigenvalue weighted by Crippen LogP contribution is 2.37. The van der Waals surface area contributed by atoms with Crippen LogP contribution in [0.2, 0.25) is 0 Å². The minimum absolute atomic E-state index is 0.224. The number of nitrogens with zero attached hydrogens (tertiary/aromatic N) is 3. The normalized spacial score (nSPS) is 23.5. The lowest BCUT2D eigenvalue weighted by Crippen LogP contribution is -2.45. The van der Waals surface area contributed by atoms with E-state index in [0.717, 1.165) is 31.0 Å². The van der Waals surface area contributed by atoms with Crippen molar-refractivity contribution >= 4 is 0 Å². The minimum Gasteiger partial charge on any atom is -0.314 e. The van der Waals surface area contributed by atoms with Gasteiger partial charge in [-0.05, 0) is 26.2 Å². The number of aromatic nitrogens is 3. The number of aryl methyl sites for hydroxylation is 1. The van der Waals surface area contributed by atoms with Crippen LogP contribution in [0, 0.1) is 12.8 Å². The SMILES string of the molecule is CCCn1c(C)nnc1CN[C@H]1CCCC[C@H]1C(F)(F)F. The lowest BCUT2D eigenvalue weighted by atomic mass is 9.84. The Morgan fingerprint density at radius 3 is 2.62 bits per heavy atom. The van der Waals surface area contributed by atoms with Gasteiger partial charge in [-0.3, -0.25) is 0 Å². The third-order valence-electron chi connectivity index (χ3n) is 4.17. The molecule has 2 rings (SSSR count). The molecule has 0 radical (unpaired) electrons. The van der Waals surface area contributed by atoms with E-state index in [1.807, 2.05) is 11.5 Å². The van der Waals surface area contributed by atoms with Crippen molar-refractivity contribution < 1.29 is 13.2 Å². The molecule has 0 unspecified atom stereocenters. The first-order valence-electron chi connectivity index (χ1n) is 7.62. The van der Waals surface area contributed by atoms with Crippen molar-refractivity contribution in [3.63, 3.8) is 0 Å². The predicted molar refractivity (Wildman–Crippen MR) is 73.7 cm³/mol. The van der Waals surface area contributed by atoms with Crippen molar-refractivity contribution in [3.05, 3.63) is 11.6 Å². The largest absolute Gasteiger partial charge is 0.393 e. The number of halogens is 3. The second-order valence-electron chi connectivity index (χ2n) is 5.74. The molecule has 1 fully saturated rings. The van der Waals surface area contributed by atoms with Crippen molar-refractivity contribution in [3.8, 4) is 0 Å². The number of alkyl halides is 3. The van der Waals surface area contributed by atoms with Gasteiger partial charge in [0.15, 0.2) is 0 Å². The first-order chi connectivity index (χ1) is 9.93. The molecular weight excluding hydrogens is 281 g/mol. The molecule has 1 saturated carbocycles. The molecule has 1 aromatic rings. The third kappa shape index (κ3) is 3.96. The summed E-state index contributed by atoms with van der Waals surface area (Å²) in [6, 6.07) is -0.508. The van der Waals surface area contributed by atoms with Crippen LogP contribution < -0.4 is 5.32 Å². The van der Waals surface area contributed by atoms with Crippen molar-refractivity contribution in [2.45, 2.75) is 71.3 Å². The molecule has 2 atom stereocenters. The van der Waals surface area contributed by atoms with Gasteiger partial charge >= 0.3 is 6.18 Å². The summed E-state index contributed by atoms with van der Waals surface area (Å²) in [6.07, 6.45) is -0.864. The first-order valence-corrected chi connectivity index (χ1v) is 7.62. The van der Waals surface area contributed by atoms with E-state index >= 15 is 0 Å². The molecule has 120 valence electrons. The van der Waals surface area contributed by atoms with E-state index < -0.39 is 18.1 Å². The highest BCUT2D eigenvalue weighted by atomic mass is 19.4. The summed E-state index contributed by atoms with van der Waals surface area (Å²) in [4.78, 5) is 0. The van der Waals surface area contributed by atoms with Crippen LogP contribution in [0.4, 0.5) is 13.2 Å². The molecule has 0 spiro atoms. The maximum absolute atomic E-state index is 13.0. The highest BCUT2D eigenvalue weighted by molar-refractivity contribution is 4.95. The zero-order chi connectivity index (χ0) is 15.5. The van der Waals surface area contributed by atoms with Gasteiger partial charge in [0.2, 0.25) is 0 Å². The second-order valence-corrected chi connectivity index (χ2v) is 5.74. The van der Waals surface area contributed by atoms with Gasteiger partial charge in [0.1, 0.15) is 11.6 Å². The molecule has 0 bridgehead atoms. The maximum Gasteiger partial charge on any atom is 0.393 e. The van der Waals surface area contributed by atoms with E-state index in [1.165, 1.54) is 0 Å². The quantitative estimate of drug-likeness (QED) is 0.908. The molecule has 0 amide bonds. The van der Waals surface area contributed by atoms with E-state index in [1.54, 1.807) is 0 Å². The van der Waals surface area contributed by atoms with Crippen LogP contribution in [-0.4, -0.2) is 27.0 Å². The lowest BCUT2D eigenvalue weighted by Gasteiger charge is -2.33. The molecule has 1 aromatic heterocycles. The Morgan fingerprint density at radius 2 is 1.95 bits per heavy atom. The van der Waals surface area contributed by atoms with Crippen molar-refractivity contribution in [2.24, 2.45) is 5.92 Å². The molecule has 0 aliphatic heterocycles. The molecule has 1 aliphatic carbocycles. The molecule has 1 N–H and O–H groups in total. The van der Waals surface area contributed by atoms with Gasteiger partial charge in [0.25, 0.3) is 0 Å². The Bertz CT molecular complexity index is 456. The highest BCUT2D eigenvalue weighted by Gasteiger charge is 2.45. The van der Waals surface area contributed by atoms with Crippen LogP contribution in [0.1, 0.15) is 50.7 Å². The fourth-order valence-corrected chi connectivity index (χ4v) is 3.06. The van der Waals surface area contributed by atoms with Crippen molar-refractivity contribution in [2.75, 3.05) is 0 Å². The third-order valence-corrected chi connectivity index (χ3v) is 4.17. The average Bonchev–Trinajstić information content (AvgIpc) is 2.78. The molecule has 21 heavy (non-hydrogen) atoms. The van der Waals surface area contributed by atoms with Gasteiger partial charge in [0, 0.05) is 12.6 Å². The fraction of sp³-hybridized carbons (Fsp3) is 0.857. The van der Waals surface area contributed by atoms with Gasteiger partial charge in [-0.15, -0.1) is 10.2 Å². The average molecular weight is 304 g/mol. The van der Waals surface area contributed by atoms with Gasteiger partial charge in [0.05, 0.1) is 12.5 Å². The summed E-state index contributed by atoms with van der Waals surface area (Å²) in [5.41, 5.74) is 0. The number of hydrogen-bond acceptors (Lipinski definition) is 3. The van der Waals surface area contributed by atoms with Crippen LogP contribution in [0.3, 0.4) is 0 Å². The fourth-order valence-electron chi connectivity index (χ4n) is 3.06. The molecule has 0 saturated heterocycles. The Hall–Kier alpha value is -1.11. The summed E-state index contributed by atoms with van der Waals surface area (Å²) in [5.74, 6) is 0.292. The number of rotatable bonds is 5. The van der Waals surface area contributed by atoms with Crippen LogP contribution in [0.25, 0.3) is 0 Å². The van der Waals surface area contributed by atoms with E-state index in [0.29, 0.717) is 19.4 Å². The molecular formula is C14H23F3N4. The topological polar surface area (TPSA) is 42.7 Å². The van der Waals surface area contributed by atoms with Gasteiger partial charge in [-0.2, -0.15) is 13.2 Å². The van der Waals surface area contributed by atoms with Crippen LogP contribution in [-0.2, 0) is 13.1 Å². The number of hydrogen-bond donors (Lipinski definition) is 1.